The van der Waals surface area contributed by atoms with Crippen molar-refractivity contribution >= 4 is 43.2 Å². The number of hydrogen-bond acceptors (Lipinski definition) is 10. The monoisotopic (exact) mass is 738 g/mol. The summed E-state index contributed by atoms with van der Waals surface area (Å²) < 4.78 is 17.6. The molecule has 1 fully saturated rings. The number of carbonyl (C=O) groups is 1. The van der Waals surface area contributed by atoms with Gasteiger partial charge in [0.2, 0.25) is 0 Å². The minimum atomic E-state index is -1.23. The highest BCUT2D eigenvalue weighted by atomic mass is 28.3. The summed E-state index contributed by atoms with van der Waals surface area (Å²) in [5.74, 6) is 2.90. The van der Waals surface area contributed by atoms with E-state index in [-0.39, 0.29) is 30.3 Å². The van der Waals surface area contributed by atoms with Crippen LogP contribution in [-0.2, 0) is 27.2 Å². The second-order valence-corrected chi connectivity index (χ2v) is 17.4. The fraction of sp³-hybridized carbons (Fsp3) is 0.415. The molecule has 0 spiro atoms. The minimum Gasteiger partial charge on any atom is -0.493 e. The molecule has 0 aliphatic carbocycles. The molecule has 1 amide bonds. The largest absolute Gasteiger partial charge is 0.493 e. The predicted octanol–water partition coefficient (Wildman–Crippen LogP) is 5.41. The predicted molar refractivity (Wildman–Crippen MR) is 209 cm³/mol. The topological polar surface area (TPSA) is 125 Å². The zero-order valence-corrected chi connectivity index (χ0v) is 32.8. The van der Waals surface area contributed by atoms with E-state index in [4.69, 9.17) is 13.9 Å². The van der Waals surface area contributed by atoms with E-state index in [2.05, 4.69) is 48.6 Å². The van der Waals surface area contributed by atoms with Gasteiger partial charge in [-0.3, -0.25) is 19.5 Å². The first-order valence-corrected chi connectivity index (χ1v) is 20.9. The highest BCUT2D eigenvalue weighted by Gasteiger charge is 2.42. The quantitative estimate of drug-likeness (QED) is 0.117. The number of para-hydroxylation sites is 1. The van der Waals surface area contributed by atoms with Gasteiger partial charge < -0.3 is 24.1 Å². The maximum atomic E-state index is 14.5. The van der Waals surface area contributed by atoms with E-state index in [1.807, 2.05) is 48.4 Å². The molecule has 12 heteroatoms. The van der Waals surface area contributed by atoms with Gasteiger partial charge in [0, 0.05) is 38.9 Å². The summed E-state index contributed by atoms with van der Waals surface area (Å²) >= 11 is 0. The van der Waals surface area contributed by atoms with E-state index in [1.54, 1.807) is 32.5 Å². The molecular formula is C41H50N4O7Si. The van der Waals surface area contributed by atoms with Gasteiger partial charge in [-0.2, -0.15) is 0 Å². The molecule has 2 aliphatic rings. The van der Waals surface area contributed by atoms with E-state index in [1.165, 1.54) is 4.90 Å². The number of benzene rings is 3. The van der Waals surface area contributed by atoms with E-state index in [9.17, 15) is 19.8 Å². The van der Waals surface area contributed by atoms with Crippen molar-refractivity contribution < 1.29 is 33.7 Å². The Balaban J connectivity index is 1.37. The van der Waals surface area contributed by atoms with Crippen LogP contribution in [0.2, 0.25) is 13.1 Å². The number of pyridine rings is 1. The molecule has 2 aliphatic heterocycles. The molecule has 1 saturated heterocycles. The lowest BCUT2D eigenvalue weighted by atomic mass is 9.88. The summed E-state index contributed by atoms with van der Waals surface area (Å²) in [7, 11) is 1.88. The fourth-order valence-electron chi connectivity index (χ4n) is 7.60. The number of aliphatic hydroxyl groups is 2. The van der Waals surface area contributed by atoms with Crippen molar-refractivity contribution in [2.45, 2.75) is 59.2 Å². The normalized spacial score (nSPS) is 17.6. The Bertz CT molecular complexity index is 2030. The second-order valence-electron chi connectivity index (χ2n) is 15.0. The number of rotatable bonds is 11. The van der Waals surface area contributed by atoms with Gasteiger partial charge in [0.05, 0.1) is 45.3 Å². The molecule has 6 rings (SSSR count). The van der Waals surface area contributed by atoms with Crippen LogP contribution in [0.25, 0.3) is 21.9 Å². The highest BCUT2D eigenvalue weighted by Crippen LogP contribution is 2.45. The number of fused-ring (bicyclic) bond motifs is 2. The molecule has 1 aromatic heterocycles. The number of piperazine rings is 1. The van der Waals surface area contributed by atoms with Crippen LogP contribution < -0.4 is 14.4 Å². The highest BCUT2D eigenvalue weighted by molar-refractivity contribution is 6.48. The van der Waals surface area contributed by atoms with Crippen LogP contribution in [0, 0.1) is 5.41 Å². The third-order valence-electron chi connectivity index (χ3n) is 10.3. The van der Waals surface area contributed by atoms with Crippen molar-refractivity contribution in [3.8, 4) is 22.6 Å². The molecule has 2 N–H and O–H groups in total. The Kier molecular flexibility index (Phi) is 11.5. The van der Waals surface area contributed by atoms with Gasteiger partial charge in [0.15, 0.2) is 20.5 Å². The molecule has 2 unspecified atom stereocenters. The second kappa shape index (κ2) is 15.9. The zero-order valence-electron chi connectivity index (χ0n) is 31.7. The Morgan fingerprint density at radius 3 is 2.28 bits per heavy atom. The molecule has 3 aromatic carbocycles. The van der Waals surface area contributed by atoms with Crippen LogP contribution in [-0.4, -0.2) is 98.9 Å². The number of aromatic nitrogens is 1. The molecule has 3 heterocycles. The lowest BCUT2D eigenvalue weighted by Gasteiger charge is -2.44. The Morgan fingerprint density at radius 1 is 0.962 bits per heavy atom. The molecular weight excluding hydrogens is 689 g/mol. The van der Waals surface area contributed by atoms with Crippen LogP contribution in [0.1, 0.15) is 43.5 Å². The molecule has 4 aromatic rings. The summed E-state index contributed by atoms with van der Waals surface area (Å²) in [6, 6.07) is 16.2. The minimum absolute atomic E-state index is 0.0140. The van der Waals surface area contributed by atoms with Crippen molar-refractivity contribution in [2.75, 3.05) is 51.8 Å². The zero-order chi connectivity index (χ0) is 38.0. The number of anilines is 2. The smallest absolute Gasteiger partial charge is 0.273 e. The maximum absolute atomic E-state index is 14.5. The first-order valence-electron chi connectivity index (χ1n) is 18.1. The summed E-state index contributed by atoms with van der Waals surface area (Å²) in [4.78, 5) is 38.0. The Hall–Kier alpha value is -4.39. The van der Waals surface area contributed by atoms with Gasteiger partial charge in [-0.05, 0) is 93.5 Å². The average Bonchev–Trinajstić information content (AvgIpc) is 3.15. The van der Waals surface area contributed by atoms with Gasteiger partial charge in [-0.15, -0.1) is 0 Å². The molecule has 2 atom stereocenters. The molecule has 280 valence electrons. The Morgan fingerprint density at radius 2 is 1.66 bits per heavy atom. The maximum Gasteiger partial charge on any atom is 0.273 e. The number of carbonyl (C=O) groups excluding carboxylic acids is 2. The molecule has 0 bridgehead atoms. The van der Waals surface area contributed by atoms with Crippen molar-refractivity contribution in [3.05, 3.63) is 83.1 Å². The van der Waals surface area contributed by atoms with Crippen molar-refractivity contribution in [2.24, 2.45) is 5.41 Å². The lowest BCUT2D eigenvalue weighted by molar-refractivity contribution is -0.115. The third kappa shape index (κ3) is 7.54. The first kappa shape index (κ1) is 38.3. The summed E-state index contributed by atoms with van der Waals surface area (Å²) in [6.45, 7) is 14.2. The molecule has 53 heavy (non-hydrogen) atoms. The third-order valence-corrected chi connectivity index (χ3v) is 11.2. The van der Waals surface area contributed by atoms with Crippen LogP contribution >= 0.6 is 0 Å². The Labute approximate surface area is 313 Å². The number of aliphatic hydroxyl groups excluding tert-OH is 2. The van der Waals surface area contributed by atoms with Gasteiger partial charge in [0.25, 0.3) is 5.91 Å². The van der Waals surface area contributed by atoms with Crippen LogP contribution in [0.3, 0.4) is 0 Å². The van der Waals surface area contributed by atoms with E-state index < -0.39 is 21.0 Å². The molecule has 11 nitrogen and oxygen atoms in total. The van der Waals surface area contributed by atoms with Gasteiger partial charge in [-0.25, -0.2) is 9.78 Å². The van der Waals surface area contributed by atoms with Crippen LogP contribution in [0.15, 0.2) is 66.4 Å². The van der Waals surface area contributed by atoms with Gasteiger partial charge >= 0.3 is 0 Å². The van der Waals surface area contributed by atoms with E-state index >= 15 is 0 Å². The number of amides is 1. The van der Waals surface area contributed by atoms with E-state index in [0.29, 0.717) is 58.3 Å². The number of hydrogen-bond donors (Lipinski definition) is 2. The summed E-state index contributed by atoms with van der Waals surface area (Å²) in [5.41, 5.74) is 3.92. The number of methoxy groups -OCH3 is 2. The summed E-state index contributed by atoms with van der Waals surface area (Å²) in [5, 5.41) is 22.5. The van der Waals surface area contributed by atoms with E-state index in [0.717, 1.165) is 36.0 Å². The lowest BCUT2D eigenvalue weighted by Crippen LogP contribution is -2.53. The number of nitrogens with zero attached hydrogens (tertiary/aromatic N) is 4. The fourth-order valence-corrected chi connectivity index (χ4v) is 8.75. The van der Waals surface area contributed by atoms with Crippen LogP contribution in [0.5, 0.6) is 11.5 Å². The van der Waals surface area contributed by atoms with Gasteiger partial charge in [-0.1, -0.05) is 39.0 Å². The first-order chi connectivity index (χ1) is 25.4. The summed E-state index contributed by atoms with van der Waals surface area (Å²) in [6.07, 6.45) is 1.73. The average molecular weight is 739 g/mol. The van der Waals surface area contributed by atoms with Crippen LogP contribution in [0.4, 0.5) is 11.5 Å². The molecule has 0 saturated carbocycles. The van der Waals surface area contributed by atoms with Crippen molar-refractivity contribution in [1.29, 1.82) is 0 Å². The van der Waals surface area contributed by atoms with Gasteiger partial charge in [0.1, 0.15) is 17.3 Å². The number of ether oxygens (including phenoxy) is 2. The SMILES string of the molecule is COc1cc2cc(CO)c(CO)c(-c3ccnc(N4C(=O)C(=C=O)C(N5CCN(CC(O[SiH](C)C)C(C)(C)C)CC5)c5ccccc54)c3)c2cc1OC. The molecule has 0 radical (unpaired) electrons. The van der Waals surface area contributed by atoms with Crippen molar-refractivity contribution in [1.82, 2.24) is 14.8 Å². The van der Waals surface area contributed by atoms with Crippen molar-refractivity contribution in [3.63, 3.8) is 0 Å². The standard InChI is InChI=1S/C41H50N4O7Si/c1-41(2,3)36(52-53(6)7)22-43-14-16-44(17-15-43)39-29-10-8-9-11-33(29)45(40(49)32(39)25-48)37-20-26(12-13-42-37)38-30-21-35(51-5)34(50-4)19-27(30)18-28(23-46)31(38)24-47/h8-13,18-21,36,39,46-47,53H,14-17,22-24H2,1-7H3.